The molecule has 6 nitrogen and oxygen atoms in total. The van der Waals surface area contributed by atoms with Gasteiger partial charge in [-0.2, -0.15) is 0 Å². The van der Waals surface area contributed by atoms with Gasteiger partial charge in [-0.05, 0) is 17.7 Å². The summed E-state index contributed by atoms with van der Waals surface area (Å²) in [5.74, 6) is -2.32. The van der Waals surface area contributed by atoms with Crippen molar-refractivity contribution < 1.29 is 27.4 Å². The number of ether oxygens (including phenoxy) is 1. The number of sulfone groups is 1. The zero-order chi connectivity index (χ0) is 14.2. The molecule has 19 heavy (non-hydrogen) atoms. The fourth-order valence-electron chi connectivity index (χ4n) is 1.66. The number of rotatable bonds is 4. The van der Waals surface area contributed by atoms with E-state index in [1.54, 1.807) is 0 Å². The van der Waals surface area contributed by atoms with E-state index >= 15 is 0 Å². The lowest BCUT2D eigenvalue weighted by atomic mass is 10.1. The fraction of sp³-hybridized carbons (Fsp3) is 0.364. The topological polar surface area (TPSA) is 107 Å². The molecule has 0 aliphatic carbocycles. The first-order valence-corrected chi connectivity index (χ1v) is 6.98. The highest BCUT2D eigenvalue weighted by Gasteiger charge is 2.35. The number of hydrogen-bond acceptors (Lipinski definition) is 5. The second kappa shape index (κ2) is 4.87. The van der Waals surface area contributed by atoms with E-state index in [2.05, 4.69) is 0 Å². The Morgan fingerprint density at radius 3 is 2.53 bits per heavy atom. The van der Waals surface area contributed by atoms with E-state index in [-0.39, 0.29) is 18.8 Å². The molecule has 0 radical (unpaired) electrons. The molecule has 1 fully saturated rings. The molecule has 1 saturated heterocycles. The molecule has 0 saturated carbocycles. The lowest BCUT2D eigenvalue weighted by Crippen LogP contribution is -2.41. The third-order valence-electron chi connectivity index (χ3n) is 2.93. The molecule has 0 spiro atoms. The average molecular weight is 289 g/mol. The van der Waals surface area contributed by atoms with Crippen LogP contribution >= 0.6 is 0 Å². The predicted octanol–water partition coefficient (Wildman–Crippen LogP) is 0.0826. The lowest BCUT2D eigenvalue weighted by Gasteiger charge is -2.26. The summed E-state index contributed by atoms with van der Waals surface area (Å²) in [6.07, 6.45) is 0. The molecule has 0 amide bonds. The van der Waals surface area contributed by atoms with Gasteiger partial charge in [0.05, 0.1) is 13.2 Å². The first-order chi connectivity index (χ1) is 8.84. The van der Waals surface area contributed by atoms with Crippen LogP contribution in [0.1, 0.15) is 11.6 Å². The average Bonchev–Trinajstić information content (AvgIpc) is 2.24. The van der Waals surface area contributed by atoms with Gasteiger partial charge in [0.2, 0.25) is 0 Å². The van der Waals surface area contributed by atoms with Crippen LogP contribution in [-0.4, -0.2) is 38.0 Å². The zero-order valence-electron chi connectivity index (χ0n) is 9.74. The van der Waals surface area contributed by atoms with Crippen LogP contribution in [0.5, 0.6) is 0 Å². The Balaban J connectivity index is 2.37. The Kier molecular flexibility index (Phi) is 3.57. The predicted molar refractivity (Wildman–Crippen MR) is 62.8 cm³/mol. The van der Waals surface area contributed by atoms with Crippen LogP contribution in [0.25, 0.3) is 0 Å². The first-order valence-electron chi connectivity index (χ1n) is 5.43. The molecule has 1 aliphatic heterocycles. The van der Waals surface area contributed by atoms with E-state index in [1.165, 1.54) is 6.07 Å². The minimum atomic E-state index is -3.78. The normalized spacial score (nSPS) is 17.8. The van der Waals surface area contributed by atoms with Crippen LogP contribution in [0.15, 0.2) is 23.1 Å². The van der Waals surface area contributed by atoms with Gasteiger partial charge in [-0.1, -0.05) is 6.07 Å². The fourth-order valence-corrected chi connectivity index (χ4v) is 3.15. The maximum Gasteiger partial charge on any atom is 0.325 e. The second-order valence-corrected chi connectivity index (χ2v) is 6.41. The molecule has 0 bridgehead atoms. The van der Waals surface area contributed by atoms with Gasteiger partial charge in [0, 0.05) is 0 Å². The van der Waals surface area contributed by atoms with Crippen LogP contribution in [0.2, 0.25) is 0 Å². The van der Waals surface area contributed by atoms with Crippen molar-refractivity contribution in [2.24, 2.45) is 5.73 Å². The molecule has 104 valence electrons. The van der Waals surface area contributed by atoms with Crippen LogP contribution in [0.4, 0.5) is 4.39 Å². The van der Waals surface area contributed by atoms with E-state index < -0.39 is 37.8 Å². The highest BCUT2D eigenvalue weighted by molar-refractivity contribution is 7.92. The molecular weight excluding hydrogens is 277 g/mol. The highest BCUT2D eigenvalue weighted by Crippen LogP contribution is 2.25. The first kappa shape index (κ1) is 13.9. The number of carboxylic acids is 1. The van der Waals surface area contributed by atoms with Crippen molar-refractivity contribution in [3.05, 3.63) is 29.6 Å². The monoisotopic (exact) mass is 289 g/mol. The van der Waals surface area contributed by atoms with Crippen molar-refractivity contribution in [2.45, 2.75) is 16.2 Å². The minimum Gasteiger partial charge on any atom is -0.480 e. The maximum absolute atomic E-state index is 13.8. The summed E-state index contributed by atoms with van der Waals surface area (Å²) < 4.78 is 42.6. The van der Waals surface area contributed by atoms with Crippen molar-refractivity contribution in [3.8, 4) is 0 Å². The maximum atomic E-state index is 13.8. The van der Waals surface area contributed by atoms with Gasteiger partial charge in [0.15, 0.2) is 9.84 Å². The van der Waals surface area contributed by atoms with Gasteiger partial charge >= 0.3 is 5.97 Å². The van der Waals surface area contributed by atoms with Gasteiger partial charge in [-0.25, -0.2) is 12.8 Å². The molecule has 2 rings (SSSR count). The molecule has 1 aromatic rings. The Labute approximate surface area is 108 Å². The number of benzene rings is 1. The largest absolute Gasteiger partial charge is 0.480 e. The number of hydrogen-bond donors (Lipinski definition) is 2. The SMILES string of the molecule is NC(C(=O)O)c1ccc(S(=O)(=O)C2COC2)c(F)c1. The third kappa shape index (κ3) is 2.46. The van der Waals surface area contributed by atoms with Crippen LogP contribution in [0, 0.1) is 5.82 Å². The smallest absolute Gasteiger partial charge is 0.325 e. The minimum absolute atomic E-state index is 0.00816. The third-order valence-corrected chi connectivity index (χ3v) is 5.03. The summed E-state index contributed by atoms with van der Waals surface area (Å²) >= 11 is 0. The standard InChI is InChI=1S/C11H12FNO5S/c12-8-3-6(10(13)11(14)15)1-2-9(8)19(16,17)7-4-18-5-7/h1-3,7,10H,4-5,13H2,(H,14,15). The van der Waals surface area contributed by atoms with Crippen molar-refractivity contribution in [1.82, 2.24) is 0 Å². The lowest BCUT2D eigenvalue weighted by molar-refractivity contribution is -0.138. The summed E-state index contributed by atoms with van der Waals surface area (Å²) in [6.45, 7) is 0.0797. The Morgan fingerprint density at radius 2 is 2.11 bits per heavy atom. The van der Waals surface area contributed by atoms with E-state index in [9.17, 15) is 17.6 Å². The van der Waals surface area contributed by atoms with Crippen molar-refractivity contribution in [1.29, 1.82) is 0 Å². The number of nitrogens with two attached hydrogens (primary N) is 1. The molecule has 1 atom stereocenters. The van der Waals surface area contributed by atoms with Gasteiger partial charge in [0.1, 0.15) is 22.0 Å². The molecule has 1 unspecified atom stereocenters. The summed E-state index contributed by atoms with van der Waals surface area (Å²) in [7, 11) is -3.78. The Bertz CT molecular complexity index is 612. The number of carbonyl (C=O) groups is 1. The van der Waals surface area contributed by atoms with Crippen molar-refractivity contribution in [3.63, 3.8) is 0 Å². The van der Waals surface area contributed by atoms with E-state index in [0.29, 0.717) is 0 Å². The second-order valence-electron chi connectivity index (χ2n) is 4.21. The van der Waals surface area contributed by atoms with E-state index in [1.807, 2.05) is 0 Å². The quantitative estimate of drug-likeness (QED) is 0.813. The Hall–Kier alpha value is -1.51. The van der Waals surface area contributed by atoms with E-state index in [0.717, 1.165) is 12.1 Å². The molecule has 0 aromatic heterocycles. The zero-order valence-corrected chi connectivity index (χ0v) is 10.6. The van der Waals surface area contributed by atoms with Gasteiger partial charge < -0.3 is 15.6 Å². The molecule has 1 heterocycles. The van der Waals surface area contributed by atoms with Gasteiger partial charge in [-0.3, -0.25) is 4.79 Å². The number of carboxylic acid groups (broad SMARTS) is 1. The molecule has 1 aromatic carbocycles. The summed E-state index contributed by atoms with van der Waals surface area (Å²) in [5.41, 5.74) is 5.34. The van der Waals surface area contributed by atoms with Crippen LogP contribution in [0.3, 0.4) is 0 Å². The molecular formula is C11H12FNO5S. The Morgan fingerprint density at radius 1 is 1.47 bits per heavy atom. The van der Waals surface area contributed by atoms with Crippen molar-refractivity contribution >= 4 is 15.8 Å². The number of halogens is 1. The summed E-state index contributed by atoms with van der Waals surface area (Å²) in [6, 6.07) is 1.69. The molecule has 1 aliphatic rings. The molecule has 3 N–H and O–H groups in total. The van der Waals surface area contributed by atoms with Crippen LogP contribution in [-0.2, 0) is 19.4 Å². The van der Waals surface area contributed by atoms with Gasteiger partial charge in [0.25, 0.3) is 0 Å². The number of aliphatic carboxylic acids is 1. The van der Waals surface area contributed by atoms with Crippen LogP contribution < -0.4 is 5.73 Å². The summed E-state index contributed by atoms with van der Waals surface area (Å²) in [4.78, 5) is 10.2. The van der Waals surface area contributed by atoms with Crippen molar-refractivity contribution in [2.75, 3.05) is 13.2 Å². The van der Waals surface area contributed by atoms with E-state index in [4.69, 9.17) is 15.6 Å². The highest BCUT2D eigenvalue weighted by atomic mass is 32.2. The van der Waals surface area contributed by atoms with Gasteiger partial charge in [-0.15, -0.1) is 0 Å². The summed E-state index contributed by atoms with van der Waals surface area (Å²) in [5, 5.41) is 7.96. The molecule has 8 heteroatoms.